The molecule has 2 aromatic heterocycles. The Morgan fingerprint density at radius 2 is 1.80 bits per heavy atom. The molecule has 7 heteroatoms. The largest absolute Gasteiger partial charge is 0.330 e. The number of rotatable bonds is 4. The zero-order chi connectivity index (χ0) is 18.2. The molecule has 3 rings (SSSR count). The number of hydrogen-bond acceptors (Lipinski definition) is 5. The number of nitrogens with one attached hydrogen (secondary N) is 2. The van der Waals surface area contributed by atoms with Gasteiger partial charge in [-0.15, -0.1) is 5.10 Å². The molecule has 0 saturated carbocycles. The summed E-state index contributed by atoms with van der Waals surface area (Å²) >= 11 is 1.51. The van der Waals surface area contributed by atoms with Crippen LogP contribution in [0, 0.1) is 5.92 Å². The summed E-state index contributed by atoms with van der Waals surface area (Å²) in [5.74, 6) is -0.0289. The highest BCUT2D eigenvalue weighted by Crippen LogP contribution is 2.27. The number of carbonyl (C=O) groups excluding carboxylic acids is 1. The lowest BCUT2D eigenvalue weighted by atomic mass is 9.93. The molecule has 6 nitrogen and oxygen atoms in total. The van der Waals surface area contributed by atoms with Crippen LogP contribution >= 0.6 is 11.3 Å². The smallest absolute Gasteiger partial charge is 0.226 e. The molecule has 1 aromatic carbocycles. The Bertz CT molecular complexity index is 855. The molecule has 0 fully saturated rings. The van der Waals surface area contributed by atoms with Crippen molar-refractivity contribution in [2.24, 2.45) is 5.92 Å². The van der Waals surface area contributed by atoms with Gasteiger partial charge in [-0.05, 0) is 24.3 Å². The molecule has 2 heterocycles. The molecular weight excluding hydrogens is 334 g/mol. The van der Waals surface area contributed by atoms with Crippen LogP contribution in [0.25, 0.3) is 4.96 Å². The fourth-order valence-electron chi connectivity index (χ4n) is 2.16. The van der Waals surface area contributed by atoms with E-state index in [2.05, 4.69) is 41.5 Å². The Hall–Kier alpha value is -2.41. The molecule has 0 aliphatic heterocycles. The fourth-order valence-corrected chi connectivity index (χ4v) is 2.96. The van der Waals surface area contributed by atoms with Crippen molar-refractivity contribution in [1.29, 1.82) is 0 Å². The van der Waals surface area contributed by atoms with Crippen molar-refractivity contribution in [1.82, 2.24) is 14.6 Å². The number of hydrogen-bond donors (Lipinski definition) is 2. The molecule has 0 spiro atoms. The van der Waals surface area contributed by atoms with Gasteiger partial charge in [0.25, 0.3) is 0 Å². The van der Waals surface area contributed by atoms with Crippen LogP contribution < -0.4 is 10.6 Å². The van der Waals surface area contributed by atoms with Crippen LogP contribution in [-0.2, 0) is 10.2 Å². The van der Waals surface area contributed by atoms with Gasteiger partial charge in [-0.1, -0.05) is 46.0 Å². The number of fused-ring (bicyclic) bond motifs is 1. The van der Waals surface area contributed by atoms with E-state index in [1.54, 1.807) is 0 Å². The van der Waals surface area contributed by atoms with Crippen molar-refractivity contribution < 1.29 is 4.79 Å². The van der Waals surface area contributed by atoms with Gasteiger partial charge in [-0.3, -0.25) is 4.79 Å². The van der Waals surface area contributed by atoms with Gasteiger partial charge in [0.2, 0.25) is 16.0 Å². The van der Waals surface area contributed by atoms with Crippen molar-refractivity contribution in [2.45, 2.75) is 40.0 Å². The molecule has 25 heavy (non-hydrogen) atoms. The second-order valence-electron chi connectivity index (χ2n) is 7.36. The van der Waals surface area contributed by atoms with Crippen LogP contribution in [0.1, 0.15) is 40.3 Å². The first-order chi connectivity index (χ1) is 11.7. The lowest BCUT2D eigenvalue weighted by molar-refractivity contribution is -0.118. The molecule has 132 valence electrons. The molecule has 0 radical (unpaired) electrons. The lowest BCUT2D eigenvalue weighted by Crippen LogP contribution is -2.17. The van der Waals surface area contributed by atoms with Crippen molar-refractivity contribution in [3.8, 4) is 0 Å². The third-order valence-electron chi connectivity index (χ3n) is 3.74. The number of benzene rings is 1. The average molecular weight is 357 g/mol. The highest BCUT2D eigenvalue weighted by atomic mass is 32.1. The monoisotopic (exact) mass is 357 g/mol. The molecule has 0 bridgehead atoms. The number of carbonyl (C=O) groups is 1. The summed E-state index contributed by atoms with van der Waals surface area (Å²) < 4.78 is 1.81. The van der Waals surface area contributed by atoms with Gasteiger partial charge >= 0.3 is 0 Å². The summed E-state index contributed by atoms with van der Waals surface area (Å²) in [6.07, 6.45) is 1.97. The van der Waals surface area contributed by atoms with Crippen LogP contribution in [0.2, 0.25) is 0 Å². The highest BCUT2D eigenvalue weighted by molar-refractivity contribution is 7.20. The third kappa shape index (κ3) is 3.99. The zero-order valence-corrected chi connectivity index (χ0v) is 15.9. The Kier molecular flexibility index (Phi) is 4.51. The number of anilines is 3. The molecule has 1 amide bonds. The van der Waals surface area contributed by atoms with Crippen LogP contribution in [-0.4, -0.2) is 20.5 Å². The maximum Gasteiger partial charge on any atom is 0.226 e. The summed E-state index contributed by atoms with van der Waals surface area (Å²) in [4.78, 5) is 17.2. The number of aromatic nitrogens is 3. The Labute approximate surface area is 151 Å². The molecule has 2 N–H and O–H groups in total. The van der Waals surface area contributed by atoms with Crippen LogP contribution in [0.4, 0.5) is 16.5 Å². The molecule has 0 atom stereocenters. The predicted molar refractivity (Wildman–Crippen MR) is 103 cm³/mol. The van der Waals surface area contributed by atoms with E-state index in [9.17, 15) is 4.79 Å². The van der Waals surface area contributed by atoms with Crippen LogP contribution in [0.3, 0.4) is 0 Å². The summed E-state index contributed by atoms with van der Waals surface area (Å²) in [6, 6.07) is 7.58. The minimum absolute atomic E-state index is 0.0107. The van der Waals surface area contributed by atoms with E-state index in [0.717, 1.165) is 27.2 Å². The Balaban J connectivity index is 1.71. The molecule has 3 aromatic rings. The lowest BCUT2D eigenvalue weighted by Gasteiger charge is -2.13. The molecule has 0 saturated heterocycles. The van der Waals surface area contributed by atoms with Gasteiger partial charge in [-0.25, -0.2) is 9.50 Å². The predicted octanol–water partition coefficient (Wildman–Crippen LogP) is 4.43. The van der Waals surface area contributed by atoms with Crippen molar-refractivity contribution in [3.63, 3.8) is 0 Å². The first-order valence-corrected chi connectivity index (χ1v) is 9.08. The summed E-state index contributed by atoms with van der Waals surface area (Å²) in [7, 11) is 0. The van der Waals surface area contributed by atoms with Gasteiger partial charge in [0.15, 0.2) is 0 Å². The second kappa shape index (κ2) is 6.48. The van der Waals surface area contributed by atoms with E-state index in [1.807, 2.05) is 48.8 Å². The minimum atomic E-state index is -0.0395. The third-order valence-corrected chi connectivity index (χ3v) is 4.58. The van der Waals surface area contributed by atoms with E-state index < -0.39 is 0 Å². The molecule has 0 aliphatic carbocycles. The topological polar surface area (TPSA) is 71.3 Å². The van der Waals surface area contributed by atoms with E-state index in [0.29, 0.717) is 0 Å². The average Bonchev–Trinajstić information content (AvgIpc) is 3.07. The Morgan fingerprint density at radius 1 is 1.16 bits per heavy atom. The van der Waals surface area contributed by atoms with Crippen molar-refractivity contribution in [3.05, 3.63) is 36.2 Å². The number of amides is 1. The highest BCUT2D eigenvalue weighted by Gasteiger charge is 2.19. The SMILES string of the molecule is CC(C)C(=O)Nc1ccc(Nc2nn3cc(C(C)(C)C)nc3s2)cc1. The fraction of sp³-hybridized carbons (Fsp3) is 0.389. The molecule has 0 unspecified atom stereocenters. The van der Waals surface area contributed by atoms with E-state index in [-0.39, 0.29) is 17.2 Å². The van der Waals surface area contributed by atoms with E-state index in [4.69, 9.17) is 0 Å². The first kappa shape index (κ1) is 17.4. The number of nitrogens with zero attached hydrogens (tertiary/aromatic N) is 3. The molecule has 0 aliphatic rings. The van der Waals surface area contributed by atoms with Crippen LogP contribution in [0.5, 0.6) is 0 Å². The number of imidazole rings is 1. The van der Waals surface area contributed by atoms with Gasteiger partial charge < -0.3 is 10.6 Å². The van der Waals surface area contributed by atoms with Crippen molar-refractivity contribution in [2.75, 3.05) is 10.6 Å². The zero-order valence-electron chi connectivity index (χ0n) is 15.1. The minimum Gasteiger partial charge on any atom is -0.330 e. The standard InChI is InChI=1S/C18H23N5OS/c1-11(2)15(24)19-12-6-8-13(9-7-12)20-16-22-23-10-14(18(3,4)5)21-17(23)25-16/h6-11H,1-5H3,(H,19,24)(H,20,22). The van der Waals surface area contributed by atoms with Gasteiger partial charge in [0.1, 0.15) is 0 Å². The summed E-state index contributed by atoms with van der Waals surface area (Å²) in [5.41, 5.74) is 2.74. The van der Waals surface area contributed by atoms with Crippen LogP contribution in [0.15, 0.2) is 30.5 Å². The summed E-state index contributed by atoms with van der Waals surface area (Å²) in [5, 5.41) is 11.5. The van der Waals surface area contributed by atoms with Crippen molar-refractivity contribution >= 4 is 38.7 Å². The summed E-state index contributed by atoms with van der Waals surface area (Å²) in [6.45, 7) is 10.2. The van der Waals surface area contributed by atoms with Gasteiger partial charge in [-0.2, -0.15) is 0 Å². The normalized spacial score (nSPS) is 11.9. The Morgan fingerprint density at radius 3 is 2.36 bits per heavy atom. The van der Waals surface area contributed by atoms with E-state index >= 15 is 0 Å². The van der Waals surface area contributed by atoms with Gasteiger partial charge in [0.05, 0.1) is 11.9 Å². The maximum absolute atomic E-state index is 11.7. The van der Waals surface area contributed by atoms with Gasteiger partial charge in [0, 0.05) is 22.7 Å². The van der Waals surface area contributed by atoms with E-state index in [1.165, 1.54) is 11.3 Å². The maximum atomic E-state index is 11.7. The first-order valence-electron chi connectivity index (χ1n) is 8.27. The molecular formula is C18H23N5OS. The quantitative estimate of drug-likeness (QED) is 0.725. The second-order valence-corrected chi connectivity index (χ2v) is 8.31.